The quantitative estimate of drug-likeness (QED) is 0.264. The van der Waals surface area contributed by atoms with Crippen LogP contribution in [0.4, 0.5) is 18.9 Å². The molecule has 9 nitrogen and oxygen atoms in total. The second kappa shape index (κ2) is 10.3. The number of alkyl halides is 3. The highest BCUT2D eigenvalue weighted by atomic mass is 19.4. The van der Waals surface area contributed by atoms with Crippen LogP contribution in [0.3, 0.4) is 0 Å². The van der Waals surface area contributed by atoms with E-state index in [4.69, 9.17) is 18.9 Å². The number of anilines is 1. The molecule has 218 valence electrons. The molecular weight excluding hydrogens is 555 g/mol. The molecule has 3 aromatic carbocycles. The average molecular weight is 582 g/mol. The van der Waals surface area contributed by atoms with E-state index in [1.165, 1.54) is 25.1 Å². The molecule has 2 aliphatic rings. The molecule has 1 aromatic heterocycles. The van der Waals surface area contributed by atoms with Crippen LogP contribution < -0.4 is 19.1 Å². The summed E-state index contributed by atoms with van der Waals surface area (Å²) in [6, 6.07) is 15.9. The zero-order valence-corrected chi connectivity index (χ0v) is 22.8. The number of hydrogen-bond acceptors (Lipinski definition) is 7. The van der Waals surface area contributed by atoms with Crippen molar-refractivity contribution in [2.24, 2.45) is 0 Å². The Morgan fingerprint density at radius 3 is 2.62 bits per heavy atom. The van der Waals surface area contributed by atoms with E-state index >= 15 is 0 Å². The molecule has 0 saturated heterocycles. The van der Waals surface area contributed by atoms with Crippen LogP contribution in [0, 0.1) is 0 Å². The molecule has 3 heterocycles. The lowest BCUT2D eigenvalue weighted by Crippen LogP contribution is -2.44. The lowest BCUT2D eigenvalue weighted by atomic mass is 10.0. The third-order valence-corrected chi connectivity index (χ3v) is 7.20. The number of carbonyl (C=O) groups is 2. The minimum Gasteiger partial charge on any atom is -0.488 e. The number of esters is 1. The van der Waals surface area contributed by atoms with Gasteiger partial charge in [-0.2, -0.15) is 18.2 Å². The van der Waals surface area contributed by atoms with Crippen molar-refractivity contribution in [1.29, 1.82) is 0 Å². The number of nitrogens with zero attached hydrogens (tertiary/aromatic N) is 3. The second-order valence-corrected chi connectivity index (χ2v) is 9.92. The number of ether oxygens (including phenoxy) is 4. The molecule has 42 heavy (non-hydrogen) atoms. The maximum absolute atomic E-state index is 14.0. The number of hydrogen-bond donors (Lipinski definition) is 0. The van der Waals surface area contributed by atoms with Gasteiger partial charge in [-0.3, -0.25) is 19.1 Å². The number of halogens is 3. The van der Waals surface area contributed by atoms with Gasteiger partial charge in [0.1, 0.15) is 24.2 Å². The Morgan fingerprint density at radius 2 is 1.88 bits per heavy atom. The van der Waals surface area contributed by atoms with Gasteiger partial charge in [-0.1, -0.05) is 24.3 Å². The van der Waals surface area contributed by atoms with Crippen LogP contribution in [-0.2, 0) is 14.3 Å². The predicted octanol–water partition coefficient (Wildman–Crippen LogP) is 5.84. The summed E-state index contributed by atoms with van der Waals surface area (Å²) in [7, 11) is 0. The fourth-order valence-corrected chi connectivity index (χ4v) is 5.50. The van der Waals surface area contributed by atoms with Crippen molar-refractivity contribution in [2.75, 3.05) is 18.1 Å². The maximum atomic E-state index is 14.0. The smallest absolute Gasteiger partial charge is 0.471 e. The van der Waals surface area contributed by atoms with Gasteiger partial charge in [0.05, 0.1) is 29.4 Å². The summed E-state index contributed by atoms with van der Waals surface area (Å²) >= 11 is 0. The van der Waals surface area contributed by atoms with Crippen molar-refractivity contribution in [2.45, 2.75) is 45.2 Å². The molecule has 1 unspecified atom stereocenters. The molecule has 0 aliphatic carbocycles. The van der Waals surface area contributed by atoms with Gasteiger partial charge < -0.3 is 18.9 Å². The molecule has 1 amide bonds. The lowest BCUT2D eigenvalue weighted by Gasteiger charge is -2.29. The van der Waals surface area contributed by atoms with Gasteiger partial charge in [-0.25, -0.2) is 0 Å². The summed E-state index contributed by atoms with van der Waals surface area (Å²) in [5.41, 5.74) is 2.75. The van der Waals surface area contributed by atoms with E-state index in [9.17, 15) is 22.8 Å². The van der Waals surface area contributed by atoms with E-state index < -0.39 is 36.3 Å². The van der Waals surface area contributed by atoms with Crippen molar-refractivity contribution in [3.8, 4) is 23.2 Å². The monoisotopic (exact) mass is 581 g/mol. The fourth-order valence-electron chi connectivity index (χ4n) is 5.50. The Balaban J connectivity index is 1.45. The van der Waals surface area contributed by atoms with Crippen molar-refractivity contribution in [1.82, 2.24) is 9.55 Å². The number of para-hydroxylation sites is 3. The SMILES string of the molecule is CCOc1nc2ccccc2n1-c1cccc2c1OC[C@H]2N(C(=O)C(F)(F)F)c1ccc2c(c1)OC(C)[C@H]2OC(C)=O. The van der Waals surface area contributed by atoms with Gasteiger partial charge in [-0.05, 0) is 44.2 Å². The number of rotatable bonds is 6. The van der Waals surface area contributed by atoms with Crippen molar-refractivity contribution < 1.29 is 41.7 Å². The molecule has 12 heteroatoms. The average Bonchev–Trinajstić information content (AvgIpc) is 3.62. The molecule has 6 rings (SSSR count). The Hall–Kier alpha value is -4.74. The predicted molar refractivity (Wildman–Crippen MR) is 145 cm³/mol. The van der Waals surface area contributed by atoms with E-state index in [1.807, 2.05) is 31.2 Å². The first-order chi connectivity index (χ1) is 20.1. The topological polar surface area (TPSA) is 92.1 Å². The van der Waals surface area contributed by atoms with Crippen LogP contribution in [0.2, 0.25) is 0 Å². The number of fused-ring (bicyclic) bond motifs is 3. The Labute approximate surface area is 238 Å². The highest BCUT2D eigenvalue weighted by Crippen LogP contribution is 2.47. The summed E-state index contributed by atoms with van der Waals surface area (Å²) in [6.07, 6.45) is -6.45. The Bertz CT molecular complexity index is 1700. The van der Waals surface area contributed by atoms with Gasteiger partial charge in [0.15, 0.2) is 6.10 Å². The van der Waals surface area contributed by atoms with E-state index in [1.54, 1.807) is 29.7 Å². The number of imidazole rings is 1. The van der Waals surface area contributed by atoms with Gasteiger partial charge in [0, 0.05) is 29.8 Å². The molecule has 0 N–H and O–H groups in total. The number of amides is 1. The van der Waals surface area contributed by atoms with Crippen molar-refractivity contribution in [3.05, 3.63) is 71.8 Å². The van der Waals surface area contributed by atoms with Crippen molar-refractivity contribution in [3.63, 3.8) is 0 Å². The first-order valence-electron chi connectivity index (χ1n) is 13.3. The van der Waals surface area contributed by atoms with Crippen LogP contribution in [0.5, 0.6) is 17.5 Å². The minimum absolute atomic E-state index is 0.0401. The summed E-state index contributed by atoms with van der Waals surface area (Å²) in [5.74, 6) is -2.03. The van der Waals surface area contributed by atoms with Gasteiger partial charge in [0.2, 0.25) is 0 Å². The normalized spacial score (nSPS) is 19.0. The van der Waals surface area contributed by atoms with Crippen molar-refractivity contribution >= 4 is 28.6 Å². The zero-order valence-electron chi connectivity index (χ0n) is 22.8. The van der Waals surface area contributed by atoms with E-state index in [-0.39, 0.29) is 18.0 Å². The standard InChI is InChI=1S/C30H26F3N3O6/c1-4-39-29-34-21-9-5-6-10-22(21)36(29)23-11-7-8-19-24(15-40-27(19)23)35(28(38)30(31,32)33)18-12-13-20-25(14-18)41-16(2)26(20)42-17(3)37/h5-14,16,24,26H,4,15H2,1-3H3/t16?,24-,26-/m1/s1. The van der Waals surface area contributed by atoms with Crippen LogP contribution in [0.15, 0.2) is 60.7 Å². The molecule has 0 saturated carbocycles. The summed E-state index contributed by atoms with van der Waals surface area (Å²) in [5, 5.41) is 0. The largest absolute Gasteiger partial charge is 0.488 e. The summed E-state index contributed by atoms with van der Waals surface area (Å²) in [4.78, 5) is 29.8. The summed E-state index contributed by atoms with van der Waals surface area (Å²) < 4.78 is 66.8. The first-order valence-corrected chi connectivity index (χ1v) is 13.3. The zero-order chi connectivity index (χ0) is 29.8. The first kappa shape index (κ1) is 27.4. The molecule has 0 fully saturated rings. The lowest BCUT2D eigenvalue weighted by molar-refractivity contribution is -0.171. The van der Waals surface area contributed by atoms with Gasteiger partial charge >= 0.3 is 24.1 Å². The Kier molecular flexibility index (Phi) is 6.71. The van der Waals surface area contributed by atoms with E-state index in [0.29, 0.717) is 45.6 Å². The van der Waals surface area contributed by atoms with Gasteiger partial charge in [0.25, 0.3) is 0 Å². The molecule has 3 atom stereocenters. The van der Waals surface area contributed by atoms with E-state index in [0.717, 1.165) is 5.52 Å². The fraction of sp³-hybridized carbons (Fsp3) is 0.300. The molecule has 0 bridgehead atoms. The molecule has 2 aliphatic heterocycles. The third-order valence-electron chi connectivity index (χ3n) is 7.20. The molecule has 0 radical (unpaired) electrons. The number of benzene rings is 3. The van der Waals surface area contributed by atoms with Crippen LogP contribution in [0.25, 0.3) is 16.7 Å². The molecule has 0 spiro atoms. The Morgan fingerprint density at radius 1 is 1.10 bits per heavy atom. The third kappa shape index (κ3) is 4.56. The summed E-state index contributed by atoms with van der Waals surface area (Å²) in [6.45, 7) is 4.88. The highest BCUT2D eigenvalue weighted by Gasteiger charge is 2.48. The minimum atomic E-state index is -5.17. The number of aromatic nitrogens is 2. The molecular formula is C30H26F3N3O6. The van der Waals surface area contributed by atoms with Crippen LogP contribution >= 0.6 is 0 Å². The van der Waals surface area contributed by atoms with E-state index in [2.05, 4.69) is 4.98 Å². The van der Waals surface area contributed by atoms with Gasteiger partial charge in [-0.15, -0.1) is 0 Å². The molecule has 4 aromatic rings. The number of carbonyl (C=O) groups excluding carboxylic acids is 2. The van der Waals surface area contributed by atoms with Crippen LogP contribution in [-0.4, -0.2) is 46.9 Å². The maximum Gasteiger partial charge on any atom is 0.471 e. The highest BCUT2D eigenvalue weighted by molar-refractivity contribution is 5.98. The second-order valence-electron chi connectivity index (χ2n) is 9.92. The van der Waals surface area contributed by atoms with Crippen LogP contribution in [0.1, 0.15) is 44.0 Å².